The van der Waals surface area contributed by atoms with Crippen molar-refractivity contribution in [2.45, 2.75) is 51.7 Å². The summed E-state index contributed by atoms with van der Waals surface area (Å²) in [6.45, 7) is 6.69. The molecule has 1 saturated heterocycles. The molecule has 1 N–H and O–H groups in total. The molecule has 0 saturated carbocycles. The third kappa shape index (κ3) is 6.35. The van der Waals surface area contributed by atoms with Gasteiger partial charge in [0, 0.05) is 37.0 Å². The van der Waals surface area contributed by atoms with Gasteiger partial charge in [-0.2, -0.15) is 0 Å². The van der Waals surface area contributed by atoms with Crippen LogP contribution in [0.15, 0.2) is 5.11 Å². The highest BCUT2D eigenvalue weighted by atomic mass is 16.6. The highest BCUT2D eigenvalue weighted by Gasteiger charge is 2.29. The second kappa shape index (κ2) is 7.73. The van der Waals surface area contributed by atoms with E-state index in [4.69, 9.17) is 10.3 Å². The molecule has 8 heteroatoms. The summed E-state index contributed by atoms with van der Waals surface area (Å²) in [5, 5.41) is 6.19. The molecule has 1 fully saturated rings. The first-order valence-electron chi connectivity index (χ1n) is 7.10. The van der Waals surface area contributed by atoms with Crippen molar-refractivity contribution in [2.75, 3.05) is 19.6 Å². The van der Waals surface area contributed by atoms with Crippen LogP contribution in [0.25, 0.3) is 10.4 Å². The van der Waals surface area contributed by atoms with Crippen molar-refractivity contribution in [3.05, 3.63) is 10.4 Å². The van der Waals surface area contributed by atoms with E-state index < -0.39 is 11.7 Å². The van der Waals surface area contributed by atoms with Crippen LogP contribution in [0, 0.1) is 0 Å². The van der Waals surface area contributed by atoms with Gasteiger partial charge in [-0.15, -0.1) is 0 Å². The van der Waals surface area contributed by atoms with Gasteiger partial charge < -0.3 is 15.0 Å². The van der Waals surface area contributed by atoms with E-state index in [2.05, 4.69) is 15.3 Å². The van der Waals surface area contributed by atoms with Crippen LogP contribution < -0.4 is 5.32 Å². The van der Waals surface area contributed by atoms with Gasteiger partial charge in [-0.05, 0) is 39.1 Å². The van der Waals surface area contributed by atoms with Crippen molar-refractivity contribution in [3.63, 3.8) is 0 Å². The predicted octanol–water partition coefficient (Wildman–Crippen LogP) is 2.20. The Bertz CT molecular complexity index is 426. The molecule has 21 heavy (non-hydrogen) atoms. The van der Waals surface area contributed by atoms with Crippen LogP contribution in [0.3, 0.4) is 0 Å². The molecule has 8 nitrogen and oxygen atoms in total. The van der Waals surface area contributed by atoms with Gasteiger partial charge in [-0.3, -0.25) is 4.79 Å². The van der Waals surface area contributed by atoms with E-state index in [1.54, 1.807) is 25.7 Å². The number of likely N-dealkylation sites (tertiary alicyclic amines) is 1. The second-order valence-corrected chi connectivity index (χ2v) is 5.98. The summed E-state index contributed by atoms with van der Waals surface area (Å²) in [5.41, 5.74) is 7.82. The van der Waals surface area contributed by atoms with Gasteiger partial charge in [-0.1, -0.05) is 5.11 Å². The lowest BCUT2D eigenvalue weighted by Gasteiger charge is -2.24. The SMILES string of the molecule is CC(C)(C)OC(=O)NCCCN1C(=O)CCC1CN=[N+]=[N-]. The highest BCUT2D eigenvalue weighted by molar-refractivity contribution is 5.78. The summed E-state index contributed by atoms with van der Waals surface area (Å²) in [4.78, 5) is 27.7. The molecule has 118 valence electrons. The van der Waals surface area contributed by atoms with Crippen molar-refractivity contribution < 1.29 is 14.3 Å². The number of nitrogens with one attached hydrogen (secondary N) is 1. The second-order valence-electron chi connectivity index (χ2n) is 5.98. The van der Waals surface area contributed by atoms with E-state index in [9.17, 15) is 9.59 Å². The maximum atomic E-state index is 11.7. The Kier molecular flexibility index (Phi) is 6.30. The quantitative estimate of drug-likeness (QED) is 0.351. The molecule has 2 amide bonds. The van der Waals surface area contributed by atoms with E-state index in [1.807, 2.05) is 0 Å². The van der Waals surface area contributed by atoms with Gasteiger partial charge in [0.1, 0.15) is 5.60 Å². The Morgan fingerprint density at radius 3 is 2.90 bits per heavy atom. The maximum Gasteiger partial charge on any atom is 0.407 e. The van der Waals surface area contributed by atoms with Crippen molar-refractivity contribution in [1.82, 2.24) is 10.2 Å². The molecule has 0 aromatic carbocycles. The van der Waals surface area contributed by atoms with E-state index in [0.717, 1.165) is 6.42 Å². The highest BCUT2D eigenvalue weighted by Crippen LogP contribution is 2.19. The van der Waals surface area contributed by atoms with Gasteiger partial charge in [0.05, 0.1) is 0 Å². The number of ether oxygens (including phenoxy) is 1. The van der Waals surface area contributed by atoms with Crippen molar-refractivity contribution >= 4 is 12.0 Å². The fraction of sp³-hybridized carbons (Fsp3) is 0.846. The van der Waals surface area contributed by atoms with Crippen LogP contribution in [-0.2, 0) is 9.53 Å². The number of carbonyl (C=O) groups excluding carboxylic acids is 2. The first-order valence-corrected chi connectivity index (χ1v) is 7.10. The zero-order valence-corrected chi connectivity index (χ0v) is 12.8. The van der Waals surface area contributed by atoms with Crippen molar-refractivity contribution in [2.24, 2.45) is 5.11 Å². The maximum absolute atomic E-state index is 11.7. The van der Waals surface area contributed by atoms with Gasteiger partial charge in [-0.25, -0.2) is 4.79 Å². The Morgan fingerprint density at radius 1 is 1.57 bits per heavy atom. The normalized spacial score (nSPS) is 18.3. The Morgan fingerprint density at radius 2 is 2.29 bits per heavy atom. The smallest absolute Gasteiger partial charge is 0.407 e. The summed E-state index contributed by atoms with van der Waals surface area (Å²) in [5.74, 6) is 0.0745. The summed E-state index contributed by atoms with van der Waals surface area (Å²) < 4.78 is 5.12. The first kappa shape index (κ1) is 17.1. The molecular formula is C13H23N5O3. The van der Waals surface area contributed by atoms with E-state index in [0.29, 0.717) is 32.5 Å². The van der Waals surface area contributed by atoms with Gasteiger partial charge >= 0.3 is 6.09 Å². The number of nitrogens with zero attached hydrogens (tertiary/aromatic N) is 4. The molecule has 0 aromatic rings. The zero-order valence-electron chi connectivity index (χ0n) is 12.8. The minimum absolute atomic E-state index is 0.0186. The van der Waals surface area contributed by atoms with Crippen LogP contribution in [0.1, 0.15) is 40.0 Å². The van der Waals surface area contributed by atoms with Crippen LogP contribution in [-0.4, -0.2) is 48.2 Å². The summed E-state index contributed by atoms with van der Waals surface area (Å²) in [6, 6.07) is -0.0186. The van der Waals surface area contributed by atoms with Crippen molar-refractivity contribution in [1.29, 1.82) is 0 Å². The average molecular weight is 297 g/mol. The minimum Gasteiger partial charge on any atom is -0.444 e. The molecule has 0 spiro atoms. The molecule has 1 aliphatic rings. The number of azide groups is 1. The molecule has 0 radical (unpaired) electrons. The Labute approximate surface area is 124 Å². The molecule has 1 atom stereocenters. The molecular weight excluding hydrogens is 274 g/mol. The predicted molar refractivity (Wildman–Crippen MR) is 77.6 cm³/mol. The third-order valence-electron chi connectivity index (χ3n) is 3.05. The lowest BCUT2D eigenvalue weighted by molar-refractivity contribution is -0.128. The summed E-state index contributed by atoms with van der Waals surface area (Å²) in [6.07, 6.45) is 1.39. The van der Waals surface area contributed by atoms with Gasteiger partial charge in [0.2, 0.25) is 5.91 Å². The van der Waals surface area contributed by atoms with Crippen LogP contribution >= 0.6 is 0 Å². The van der Waals surface area contributed by atoms with E-state index >= 15 is 0 Å². The third-order valence-corrected chi connectivity index (χ3v) is 3.05. The fourth-order valence-corrected chi connectivity index (χ4v) is 2.18. The molecule has 0 bridgehead atoms. The number of carbonyl (C=O) groups is 2. The molecule has 1 rings (SSSR count). The van der Waals surface area contributed by atoms with Gasteiger partial charge in [0.15, 0.2) is 0 Å². The number of rotatable bonds is 6. The van der Waals surface area contributed by atoms with Crippen LogP contribution in [0.2, 0.25) is 0 Å². The average Bonchev–Trinajstić information content (AvgIpc) is 2.71. The minimum atomic E-state index is -0.518. The van der Waals surface area contributed by atoms with Crippen LogP contribution in [0.4, 0.5) is 4.79 Å². The molecule has 0 aliphatic carbocycles. The van der Waals surface area contributed by atoms with Crippen LogP contribution in [0.5, 0.6) is 0 Å². The van der Waals surface area contributed by atoms with Gasteiger partial charge in [0.25, 0.3) is 0 Å². The van der Waals surface area contributed by atoms with Crippen molar-refractivity contribution in [3.8, 4) is 0 Å². The number of hydrogen-bond donors (Lipinski definition) is 1. The Hall–Kier alpha value is -1.95. The molecule has 1 heterocycles. The monoisotopic (exact) mass is 297 g/mol. The summed E-state index contributed by atoms with van der Waals surface area (Å²) in [7, 11) is 0. The largest absolute Gasteiger partial charge is 0.444 e. The number of alkyl carbamates (subject to hydrolysis) is 1. The van der Waals surface area contributed by atoms with E-state index in [1.165, 1.54) is 0 Å². The lowest BCUT2D eigenvalue weighted by atomic mass is 10.2. The lowest BCUT2D eigenvalue weighted by Crippen LogP contribution is -2.38. The zero-order chi connectivity index (χ0) is 15.9. The molecule has 1 unspecified atom stereocenters. The topological polar surface area (TPSA) is 107 Å². The standard InChI is InChI=1S/C13H23N5O3/c1-13(2,3)21-12(20)15-7-4-8-18-10(9-16-17-14)5-6-11(18)19/h10H,4-9H2,1-3H3,(H,15,20). The fourth-order valence-electron chi connectivity index (χ4n) is 2.18. The molecule has 0 aromatic heterocycles. The number of hydrogen-bond acceptors (Lipinski definition) is 4. The number of amides is 2. The summed E-state index contributed by atoms with van der Waals surface area (Å²) >= 11 is 0. The Balaban J connectivity index is 2.28. The molecule has 1 aliphatic heterocycles. The first-order chi connectivity index (χ1) is 9.83. The van der Waals surface area contributed by atoms with E-state index in [-0.39, 0.29) is 11.9 Å².